The first kappa shape index (κ1) is 16.3. The number of nitrogens with one attached hydrogen (secondary N) is 1. The molecule has 0 aromatic rings. The molecule has 0 spiro atoms. The van der Waals surface area contributed by atoms with Gasteiger partial charge in [0.2, 0.25) is 5.91 Å². The monoisotopic (exact) mass is 297 g/mol. The molecule has 0 heterocycles. The van der Waals surface area contributed by atoms with Crippen LogP contribution in [0.4, 0.5) is 0 Å². The van der Waals surface area contributed by atoms with Crippen LogP contribution in [-0.2, 0) is 14.3 Å². The van der Waals surface area contributed by atoms with Gasteiger partial charge in [-0.25, -0.2) is 4.79 Å². The van der Waals surface area contributed by atoms with Crippen molar-refractivity contribution in [1.29, 1.82) is 0 Å². The minimum absolute atomic E-state index is 0.117. The zero-order valence-corrected chi connectivity index (χ0v) is 13.6. The average Bonchev–Trinajstić information content (AvgIpc) is 2.38. The molecule has 1 amide bonds. The summed E-state index contributed by atoms with van der Waals surface area (Å²) in [6.45, 7) is 9.65. The standard InChI is InChI=1S/C16H27NO4/c1-8-12-6-11(16(12,4)5)7-13(8)21-15(20)14(19)9(2)17-10(3)18/h8-9,11-14,19H,6-7H2,1-5H3,(H,17,18)/t8?,9-,11?,12?,13?,14+/m0/s1. The molecule has 3 aliphatic carbocycles. The molecule has 3 rings (SSSR count). The van der Waals surface area contributed by atoms with Crippen molar-refractivity contribution in [2.75, 3.05) is 0 Å². The molecule has 4 unspecified atom stereocenters. The molecule has 2 N–H and O–H groups in total. The van der Waals surface area contributed by atoms with Crippen LogP contribution in [0.1, 0.15) is 47.5 Å². The highest BCUT2D eigenvalue weighted by atomic mass is 16.6. The molecular formula is C16H27NO4. The van der Waals surface area contributed by atoms with E-state index in [9.17, 15) is 14.7 Å². The van der Waals surface area contributed by atoms with Crippen LogP contribution < -0.4 is 5.32 Å². The molecule has 3 fully saturated rings. The maximum absolute atomic E-state index is 12.0. The van der Waals surface area contributed by atoms with Crippen LogP contribution in [0, 0.1) is 23.2 Å². The fraction of sp³-hybridized carbons (Fsp3) is 0.875. The Labute approximate surface area is 126 Å². The predicted octanol–water partition coefficient (Wildman–Crippen LogP) is 1.49. The molecule has 5 nitrogen and oxygen atoms in total. The van der Waals surface area contributed by atoms with E-state index in [0.29, 0.717) is 23.2 Å². The Bertz CT molecular complexity index is 434. The van der Waals surface area contributed by atoms with Gasteiger partial charge in [0.05, 0.1) is 6.04 Å². The number of amides is 1. The smallest absolute Gasteiger partial charge is 0.337 e. The predicted molar refractivity (Wildman–Crippen MR) is 78.3 cm³/mol. The maximum atomic E-state index is 12.0. The van der Waals surface area contributed by atoms with E-state index in [0.717, 1.165) is 6.42 Å². The number of hydrogen-bond acceptors (Lipinski definition) is 4. The van der Waals surface area contributed by atoms with E-state index >= 15 is 0 Å². The van der Waals surface area contributed by atoms with Crippen molar-refractivity contribution in [3.63, 3.8) is 0 Å². The van der Waals surface area contributed by atoms with Crippen LogP contribution in [-0.4, -0.2) is 35.2 Å². The lowest BCUT2D eigenvalue weighted by Crippen LogP contribution is -2.58. The molecule has 3 aliphatic rings. The minimum Gasteiger partial charge on any atom is -0.460 e. The first-order valence-corrected chi connectivity index (χ1v) is 7.80. The van der Waals surface area contributed by atoms with Crippen molar-refractivity contribution < 1.29 is 19.4 Å². The second-order valence-corrected chi connectivity index (χ2v) is 7.36. The van der Waals surface area contributed by atoms with E-state index in [4.69, 9.17) is 4.74 Å². The normalized spacial score (nSPS) is 36.1. The average molecular weight is 297 g/mol. The first-order valence-electron chi connectivity index (χ1n) is 7.80. The Morgan fingerprint density at radius 2 is 1.95 bits per heavy atom. The Morgan fingerprint density at radius 1 is 1.33 bits per heavy atom. The lowest BCUT2D eigenvalue weighted by Gasteiger charge is -2.61. The summed E-state index contributed by atoms with van der Waals surface area (Å²) in [6, 6.07) is -0.639. The van der Waals surface area contributed by atoms with Crippen LogP contribution in [0.3, 0.4) is 0 Å². The SMILES string of the molecule is CC(=O)N[C@@H](C)[C@@H](O)C(=O)OC1CC2CC(C1C)C2(C)C. The molecule has 0 aliphatic heterocycles. The highest BCUT2D eigenvalue weighted by molar-refractivity contribution is 5.78. The van der Waals surface area contributed by atoms with Crippen molar-refractivity contribution >= 4 is 11.9 Å². The number of carbonyl (C=O) groups is 2. The highest BCUT2D eigenvalue weighted by Gasteiger charge is 2.57. The number of fused-ring (bicyclic) bond motifs is 2. The van der Waals surface area contributed by atoms with Gasteiger partial charge in [-0.2, -0.15) is 0 Å². The molecule has 2 bridgehead atoms. The number of hydrogen-bond donors (Lipinski definition) is 2. The molecule has 5 heteroatoms. The van der Waals surface area contributed by atoms with Crippen LogP contribution in [0.2, 0.25) is 0 Å². The molecule has 0 radical (unpaired) electrons. The molecule has 0 aromatic carbocycles. The van der Waals surface area contributed by atoms with Crippen molar-refractivity contribution in [1.82, 2.24) is 5.32 Å². The summed E-state index contributed by atoms with van der Waals surface area (Å²) >= 11 is 0. The quantitative estimate of drug-likeness (QED) is 0.771. The van der Waals surface area contributed by atoms with Gasteiger partial charge in [0.25, 0.3) is 0 Å². The number of aliphatic hydroxyl groups excluding tert-OH is 1. The van der Waals surface area contributed by atoms with Gasteiger partial charge >= 0.3 is 5.97 Å². The van der Waals surface area contributed by atoms with Gasteiger partial charge in [0.1, 0.15) is 6.10 Å². The molecule has 0 saturated heterocycles. The summed E-state index contributed by atoms with van der Waals surface area (Å²) < 4.78 is 5.52. The fourth-order valence-electron chi connectivity index (χ4n) is 4.08. The number of carbonyl (C=O) groups excluding carboxylic acids is 2. The summed E-state index contributed by atoms with van der Waals surface area (Å²) in [5, 5.41) is 12.5. The minimum atomic E-state index is -1.31. The van der Waals surface area contributed by atoms with E-state index in [1.165, 1.54) is 13.3 Å². The van der Waals surface area contributed by atoms with Crippen molar-refractivity contribution in [3.8, 4) is 0 Å². The Kier molecular flexibility index (Phi) is 4.34. The third-order valence-electron chi connectivity index (χ3n) is 5.70. The van der Waals surface area contributed by atoms with Gasteiger partial charge in [0, 0.05) is 6.92 Å². The van der Waals surface area contributed by atoms with Crippen LogP contribution in [0.25, 0.3) is 0 Å². The van der Waals surface area contributed by atoms with Gasteiger partial charge in [-0.3, -0.25) is 4.79 Å². The lowest BCUT2D eigenvalue weighted by atomic mass is 9.45. The second kappa shape index (κ2) is 5.59. The largest absolute Gasteiger partial charge is 0.460 e. The second-order valence-electron chi connectivity index (χ2n) is 7.36. The molecule has 3 saturated carbocycles. The molecule has 21 heavy (non-hydrogen) atoms. The summed E-state index contributed by atoms with van der Waals surface area (Å²) in [6.07, 6.45) is 0.658. The number of ether oxygens (including phenoxy) is 1. The maximum Gasteiger partial charge on any atom is 0.337 e. The number of esters is 1. The van der Waals surface area contributed by atoms with E-state index in [2.05, 4.69) is 26.1 Å². The zero-order valence-electron chi connectivity index (χ0n) is 13.6. The van der Waals surface area contributed by atoms with Crippen LogP contribution >= 0.6 is 0 Å². The van der Waals surface area contributed by atoms with E-state index in [1.54, 1.807) is 6.92 Å². The third kappa shape index (κ3) is 2.93. The summed E-state index contributed by atoms with van der Waals surface area (Å²) in [5.41, 5.74) is 0.338. The van der Waals surface area contributed by atoms with Gasteiger partial charge in [-0.15, -0.1) is 0 Å². The Hall–Kier alpha value is -1.10. The van der Waals surface area contributed by atoms with Gasteiger partial charge in [0.15, 0.2) is 6.10 Å². The molecule has 120 valence electrons. The van der Waals surface area contributed by atoms with E-state index in [1.807, 2.05) is 0 Å². The van der Waals surface area contributed by atoms with Crippen molar-refractivity contribution in [2.24, 2.45) is 23.2 Å². The fourth-order valence-corrected chi connectivity index (χ4v) is 4.08. The number of aliphatic hydroxyl groups is 1. The number of rotatable bonds is 4. The lowest BCUT2D eigenvalue weighted by molar-refractivity contribution is -0.193. The van der Waals surface area contributed by atoms with Gasteiger partial charge in [-0.1, -0.05) is 20.8 Å². The van der Waals surface area contributed by atoms with E-state index in [-0.39, 0.29) is 12.0 Å². The first-order chi connectivity index (χ1) is 9.64. The summed E-state index contributed by atoms with van der Waals surface area (Å²) in [5.74, 6) is 0.591. The summed E-state index contributed by atoms with van der Waals surface area (Å²) in [7, 11) is 0. The van der Waals surface area contributed by atoms with Gasteiger partial charge < -0.3 is 15.2 Å². The van der Waals surface area contributed by atoms with E-state index < -0.39 is 18.1 Å². The third-order valence-corrected chi connectivity index (χ3v) is 5.70. The topological polar surface area (TPSA) is 75.6 Å². The Balaban J connectivity index is 1.91. The van der Waals surface area contributed by atoms with Crippen LogP contribution in [0.5, 0.6) is 0 Å². The van der Waals surface area contributed by atoms with Crippen LogP contribution in [0.15, 0.2) is 0 Å². The molecule has 6 atom stereocenters. The van der Waals surface area contributed by atoms with Crippen molar-refractivity contribution in [2.45, 2.75) is 65.7 Å². The van der Waals surface area contributed by atoms with Gasteiger partial charge in [-0.05, 0) is 42.9 Å². The van der Waals surface area contributed by atoms with Crippen molar-refractivity contribution in [3.05, 3.63) is 0 Å². The molecule has 0 aromatic heterocycles. The summed E-state index contributed by atoms with van der Waals surface area (Å²) in [4.78, 5) is 23.0. The highest BCUT2D eigenvalue weighted by Crippen LogP contribution is 2.61. The Morgan fingerprint density at radius 3 is 2.43 bits per heavy atom. The zero-order chi connectivity index (χ0) is 15.9. The molecular weight excluding hydrogens is 270 g/mol.